The Morgan fingerprint density at radius 1 is 1.86 bits per heavy atom. The second kappa shape index (κ2) is 1.45. The predicted molar refractivity (Wildman–Crippen MR) is 27.2 cm³/mol. The maximum absolute atomic E-state index is 12.0. The molecule has 0 spiro atoms. The Balaban J connectivity index is 2.78. The molecule has 1 rings (SSSR count). The molecule has 0 saturated carbocycles. The lowest BCUT2D eigenvalue weighted by molar-refractivity contribution is 0.683. The van der Waals surface area contributed by atoms with Crippen molar-refractivity contribution in [3.63, 3.8) is 0 Å². The summed E-state index contributed by atoms with van der Waals surface area (Å²) < 4.78 is 12.0. The van der Waals surface area contributed by atoms with Gasteiger partial charge in [-0.25, -0.2) is 4.39 Å². The van der Waals surface area contributed by atoms with Gasteiger partial charge in [0.25, 0.3) is 0 Å². The van der Waals surface area contributed by atoms with Gasteiger partial charge in [-0.15, -0.1) is 0 Å². The lowest BCUT2D eigenvalue weighted by Gasteiger charge is -1.80. The molecule has 1 aliphatic heterocycles. The molecule has 0 saturated heterocycles. The maximum Gasteiger partial charge on any atom is 0.141 e. The molecule has 0 radical (unpaired) electrons. The van der Waals surface area contributed by atoms with Gasteiger partial charge < -0.3 is 0 Å². The third-order valence-electron chi connectivity index (χ3n) is 0.945. The molecule has 0 unspecified atom stereocenters. The average molecular weight is 99.1 g/mol. The van der Waals surface area contributed by atoms with Crippen LogP contribution in [0.5, 0.6) is 0 Å². The van der Waals surface area contributed by atoms with E-state index >= 15 is 0 Å². The van der Waals surface area contributed by atoms with E-state index in [-0.39, 0.29) is 5.83 Å². The van der Waals surface area contributed by atoms with E-state index in [0.717, 1.165) is 0 Å². The summed E-state index contributed by atoms with van der Waals surface area (Å²) in [4.78, 5) is 3.77. The quantitative estimate of drug-likeness (QED) is 0.434. The fraction of sp³-hybridized carbons (Fsp3) is 0.400. The van der Waals surface area contributed by atoms with Gasteiger partial charge in [-0.1, -0.05) is 0 Å². The molecule has 1 aliphatic rings. The van der Waals surface area contributed by atoms with E-state index < -0.39 is 0 Å². The van der Waals surface area contributed by atoms with Crippen LogP contribution in [0.4, 0.5) is 4.39 Å². The number of rotatable bonds is 0. The first kappa shape index (κ1) is 4.50. The zero-order chi connectivity index (χ0) is 5.28. The van der Waals surface area contributed by atoms with Crippen LogP contribution in [-0.2, 0) is 0 Å². The predicted octanol–water partition coefficient (Wildman–Crippen LogP) is 1.31. The summed E-state index contributed by atoms with van der Waals surface area (Å²) in [6.45, 7) is 2.19. The molecule has 0 aromatic heterocycles. The summed E-state index contributed by atoms with van der Waals surface area (Å²) >= 11 is 0. The van der Waals surface area contributed by atoms with E-state index in [9.17, 15) is 4.39 Å². The molecule has 0 aromatic rings. The van der Waals surface area contributed by atoms with Crippen LogP contribution in [0.1, 0.15) is 6.92 Å². The summed E-state index contributed by atoms with van der Waals surface area (Å²) in [5.74, 6) is -0.167. The number of allylic oxidation sites excluding steroid dienone is 1. The first-order chi connectivity index (χ1) is 3.30. The van der Waals surface area contributed by atoms with E-state index in [0.29, 0.717) is 12.3 Å². The molecule has 2 heteroatoms. The van der Waals surface area contributed by atoms with Crippen LogP contribution in [0, 0.1) is 0 Å². The zero-order valence-corrected chi connectivity index (χ0v) is 4.11. The van der Waals surface area contributed by atoms with Crippen molar-refractivity contribution in [3.8, 4) is 0 Å². The van der Waals surface area contributed by atoms with Gasteiger partial charge >= 0.3 is 0 Å². The third kappa shape index (κ3) is 0.683. The second-order valence-electron chi connectivity index (χ2n) is 1.48. The van der Waals surface area contributed by atoms with Gasteiger partial charge in [-0.3, -0.25) is 4.99 Å². The van der Waals surface area contributed by atoms with Crippen molar-refractivity contribution in [1.82, 2.24) is 0 Å². The highest BCUT2D eigenvalue weighted by molar-refractivity contribution is 5.97. The minimum Gasteiger partial charge on any atom is -0.283 e. The highest BCUT2D eigenvalue weighted by Gasteiger charge is 2.02. The van der Waals surface area contributed by atoms with Crippen molar-refractivity contribution in [3.05, 3.63) is 11.9 Å². The minimum atomic E-state index is -0.167. The highest BCUT2D eigenvalue weighted by Crippen LogP contribution is 2.05. The van der Waals surface area contributed by atoms with Crippen LogP contribution < -0.4 is 0 Å². The summed E-state index contributed by atoms with van der Waals surface area (Å²) in [5, 5.41) is 0. The number of aliphatic imine (C=N–C) groups is 1. The molecule has 38 valence electrons. The molecule has 0 bridgehead atoms. The molecule has 1 heterocycles. The minimum absolute atomic E-state index is 0.167. The van der Waals surface area contributed by atoms with Crippen LogP contribution in [-0.4, -0.2) is 12.3 Å². The normalized spacial score (nSPS) is 19.1. The Kier molecular flexibility index (Phi) is 0.929. The largest absolute Gasteiger partial charge is 0.283 e. The number of halogens is 1. The topological polar surface area (TPSA) is 12.4 Å². The Bertz CT molecular complexity index is 119. The van der Waals surface area contributed by atoms with Crippen LogP contribution in [0.25, 0.3) is 0 Å². The molecule has 0 fully saturated rings. The van der Waals surface area contributed by atoms with Crippen molar-refractivity contribution >= 4 is 5.71 Å². The molecular formula is C5H6FN. The van der Waals surface area contributed by atoms with Crippen molar-refractivity contribution in [1.29, 1.82) is 0 Å². The van der Waals surface area contributed by atoms with Crippen molar-refractivity contribution in [2.75, 3.05) is 6.54 Å². The van der Waals surface area contributed by atoms with E-state index in [4.69, 9.17) is 0 Å². The standard InChI is InChI=1S/C5H6FN/c1-4-5(6)2-3-7-4/h2H,3H2,1H3. The first-order valence-corrected chi connectivity index (χ1v) is 2.18. The molecular weight excluding hydrogens is 93.1 g/mol. The highest BCUT2D eigenvalue weighted by atomic mass is 19.1. The van der Waals surface area contributed by atoms with Gasteiger partial charge in [0.05, 0.1) is 12.3 Å². The van der Waals surface area contributed by atoms with Crippen LogP contribution in [0.3, 0.4) is 0 Å². The molecule has 0 aromatic carbocycles. The number of hydrogen-bond donors (Lipinski definition) is 0. The zero-order valence-electron chi connectivity index (χ0n) is 4.11. The van der Waals surface area contributed by atoms with Gasteiger partial charge in [0.1, 0.15) is 5.83 Å². The van der Waals surface area contributed by atoms with Crippen LogP contribution >= 0.6 is 0 Å². The third-order valence-corrected chi connectivity index (χ3v) is 0.945. The molecule has 1 nitrogen and oxygen atoms in total. The average Bonchev–Trinajstić information content (AvgIpc) is 1.91. The van der Waals surface area contributed by atoms with Gasteiger partial charge in [0.15, 0.2) is 0 Å². The Labute approximate surface area is 41.6 Å². The van der Waals surface area contributed by atoms with Crippen LogP contribution in [0.2, 0.25) is 0 Å². The van der Waals surface area contributed by atoms with Crippen molar-refractivity contribution in [2.45, 2.75) is 6.92 Å². The summed E-state index contributed by atoms with van der Waals surface area (Å²) in [6, 6.07) is 0. The van der Waals surface area contributed by atoms with Crippen LogP contribution in [0.15, 0.2) is 16.9 Å². The van der Waals surface area contributed by atoms with Gasteiger partial charge in [-0.05, 0) is 13.0 Å². The Morgan fingerprint density at radius 2 is 2.57 bits per heavy atom. The lowest BCUT2D eigenvalue weighted by atomic mass is 10.4. The molecule has 0 N–H and O–H groups in total. The monoisotopic (exact) mass is 99.0 g/mol. The van der Waals surface area contributed by atoms with E-state index in [2.05, 4.69) is 4.99 Å². The summed E-state index contributed by atoms with van der Waals surface area (Å²) in [5.41, 5.74) is 0.528. The van der Waals surface area contributed by atoms with E-state index in [1.54, 1.807) is 6.92 Å². The van der Waals surface area contributed by atoms with Crippen molar-refractivity contribution < 1.29 is 4.39 Å². The smallest absolute Gasteiger partial charge is 0.141 e. The number of hydrogen-bond acceptors (Lipinski definition) is 1. The molecule has 7 heavy (non-hydrogen) atoms. The van der Waals surface area contributed by atoms with E-state index in [1.165, 1.54) is 6.08 Å². The van der Waals surface area contributed by atoms with Gasteiger partial charge in [-0.2, -0.15) is 0 Å². The Morgan fingerprint density at radius 3 is 2.71 bits per heavy atom. The van der Waals surface area contributed by atoms with Crippen molar-refractivity contribution in [2.24, 2.45) is 4.99 Å². The first-order valence-electron chi connectivity index (χ1n) is 2.18. The Hall–Kier alpha value is -0.660. The fourth-order valence-corrected chi connectivity index (χ4v) is 0.486. The molecule has 0 atom stereocenters. The molecule has 0 aliphatic carbocycles. The molecule has 0 amide bonds. The maximum atomic E-state index is 12.0. The van der Waals surface area contributed by atoms with Gasteiger partial charge in [0, 0.05) is 0 Å². The summed E-state index contributed by atoms with van der Waals surface area (Å²) in [6.07, 6.45) is 1.47. The lowest BCUT2D eigenvalue weighted by Crippen LogP contribution is -1.82. The second-order valence-corrected chi connectivity index (χ2v) is 1.48. The van der Waals surface area contributed by atoms with E-state index in [1.807, 2.05) is 0 Å². The SMILES string of the molecule is CC1=NCC=C1F. The fourth-order valence-electron chi connectivity index (χ4n) is 0.486. The number of nitrogens with zero attached hydrogens (tertiary/aromatic N) is 1. The summed E-state index contributed by atoms with van der Waals surface area (Å²) in [7, 11) is 0. The van der Waals surface area contributed by atoms with Gasteiger partial charge in [0.2, 0.25) is 0 Å².